The van der Waals surface area contributed by atoms with Crippen LogP contribution in [-0.4, -0.2) is 51.2 Å². The summed E-state index contributed by atoms with van der Waals surface area (Å²) in [5.41, 5.74) is 3.77. The zero-order chi connectivity index (χ0) is 21.5. The van der Waals surface area contributed by atoms with Gasteiger partial charge in [0.1, 0.15) is 6.54 Å². The lowest BCUT2D eigenvalue weighted by molar-refractivity contribution is -0.917. The van der Waals surface area contributed by atoms with Gasteiger partial charge in [0.2, 0.25) is 5.91 Å². The summed E-state index contributed by atoms with van der Waals surface area (Å²) in [5.74, 6) is 2.23. The van der Waals surface area contributed by atoms with Crippen molar-refractivity contribution < 1.29 is 19.2 Å². The first-order valence-electron chi connectivity index (χ1n) is 10.9. The molecule has 30 heavy (non-hydrogen) atoms. The Labute approximate surface area is 180 Å². The van der Waals surface area contributed by atoms with E-state index in [1.807, 2.05) is 23.1 Å². The lowest BCUT2D eigenvalue weighted by Crippen LogP contribution is -3.13. The summed E-state index contributed by atoms with van der Waals surface area (Å²) in [4.78, 5) is 16.3. The highest BCUT2D eigenvalue weighted by atomic mass is 16.5. The van der Waals surface area contributed by atoms with E-state index in [1.54, 1.807) is 19.1 Å². The lowest BCUT2D eigenvalue weighted by Gasteiger charge is -2.32. The molecule has 0 atom stereocenters. The molecule has 162 valence electrons. The predicted octanol–water partition coefficient (Wildman–Crippen LogP) is 2.69. The van der Waals surface area contributed by atoms with Crippen molar-refractivity contribution in [1.29, 1.82) is 0 Å². The van der Waals surface area contributed by atoms with E-state index in [0.717, 1.165) is 44.0 Å². The number of ether oxygens (including phenoxy) is 2. The molecule has 0 radical (unpaired) electrons. The van der Waals surface area contributed by atoms with Crippen molar-refractivity contribution in [1.82, 2.24) is 4.90 Å². The second kappa shape index (κ2) is 10.5. The van der Waals surface area contributed by atoms with Crippen molar-refractivity contribution >= 4 is 5.91 Å². The molecule has 1 saturated heterocycles. The van der Waals surface area contributed by atoms with Crippen molar-refractivity contribution in [2.24, 2.45) is 0 Å². The molecule has 0 aliphatic carbocycles. The maximum absolute atomic E-state index is 12.7. The Morgan fingerprint density at radius 3 is 2.33 bits per heavy atom. The minimum atomic E-state index is 0.222. The fraction of sp³-hybridized carbons (Fsp3) is 0.480. The molecule has 0 unspecified atom stereocenters. The second-order valence-corrected chi connectivity index (χ2v) is 8.36. The first-order chi connectivity index (χ1) is 14.5. The normalized spacial score (nSPS) is 14.8. The van der Waals surface area contributed by atoms with Gasteiger partial charge >= 0.3 is 0 Å². The maximum atomic E-state index is 12.7. The van der Waals surface area contributed by atoms with Crippen LogP contribution in [0, 0.1) is 0 Å². The molecule has 0 spiro atoms. The third-order valence-electron chi connectivity index (χ3n) is 6.02. The molecule has 1 aliphatic heterocycles. The maximum Gasteiger partial charge on any atom is 0.223 e. The lowest BCUT2D eigenvalue weighted by atomic mass is 10.0. The molecule has 1 fully saturated rings. The number of aryl methyl sites for hydroxylation is 1. The van der Waals surface area contributed by atoms with Gasteiger partial charge in [0.15, 0.2) is 11.5 Å². The Morgan fingerprint density at radius 2 is 1.73 bits per heavy atom. The number of carbonyl (C=O) groups is 1. The minimum absolute atomic E-state index is 0.222. The number of benzene rings is 2. The summed E-state index contributed by atoms with van der Waals surface area (Å²) in [6, 6.07) is 14.8. The Hall–Kier alpha value is -2.53. The van der Waals surface area contributed by atoms with Gasteiger partial charge in [-0.3, -0.25) is 4.79 Å². The van der Waals surface area contributed by atoms with Crippen LogP contribution in [-0.2, 0) is 17.8 Å². The van der Waals surface area contributed by atoms with Crippen LogP contribution in [0.25, 0.3) is 0 Å². The van der Waals surface area contributed by atoms with E-state index in [2.05, 4.69) is 38.1 Å². The zero-order valence-electron chi connectivity index (χ0n) is 18.7. The third kappa shape index (κ3) is 5.54. The number of piperazine rings is 1. The van der Waals surface area contributed by atoms with Crippen LogP contribution in [0.2, 0.25) is 0 Å². The molecule has 3 rings (SSSR count). The topological polar surface area (TPSA) is 43.2 Å². The van der Waals surface area contributed by atoms with Crippen LogP contribution in [0.1, 0.15) is 42.9 Å². The minimum Gasteiger partial charge on any atom is -0.493 e. The fourth-order valence-corrected chi connectivity index (χ4v) is 4.11. The van der Waals surface area contributed by atoms with Gasteiger partial charge in [-0.2, -0.15) is 0 Å². The number of para-hydroxylation sites is 1. The molecule has 5 nitrogen and oxygen atoms in total. The average Bonchev–Trinajstić information content (AvgIpc) is 2.77. The molecule has 0 saturated carbocycles. The molecule has 2 aromatic rings. The van der Waals surface area contributed by atoms with E-state index in [9.17, 15) is 4.79 Å². The number of rotatable bonds is 8. The standard InChI is InChI=1S/C25H34N2O3/c1-19(2)21-10-8-20(9-11-21)18-26-14-16-27(17-15-26)24(28)13-12-22-6-5-7-23(29-3)25(22)30-4/h5-11,19H,12-18H2,1-4H3/p+1. The summed E-state index contributed by atoms with van der Waals surface area (Å²) in [7, 11) is 3.27. The number of hydrogen-bond donors (Lipinski definition) is 1. The van der Waals surface area contributed by atoms with Crippen molar-refractivity contribution in [3.05, 3.63) is 59.2 Å². The van der Waals surface area contributed by atoms with E-state index in [4.69, 9.17) is 9.47 Å². The van der Waals surface area contributed by atoms with Gasteiger partial charge in [0, 0.05) is 12.0 Å². The zero-order valence-corrected chi connectivity index (χ0v) is 18.7. The Balaban J connectivity index is 1.47. The van der Waals surface area contributed by atoms with E-state index in [0.29, 0.717) is 24.5 Å². The Morgan fingerprint density at radius 1 is 1.03 bits per heavy atom. The third-order valence-corrected chi connectivity index (χ3v) is 6.02. The highest BCUT2D eigenvalue weighted by Crippen LogP contribution is 2.31. The molecule has 1 aliphatic rings. The van der Waals surface area contributed by atoms with Gasteiger partial charge < -0.3 is 19.3 Å². The largest absolute Gasteiger partial charge is 0.493 e. The molecule has 2 aromatic carbocycles. The first-order valence-corrected chi connectivity index (χ1v) is 10.9. The molecular formula is C25H35N2O3+. The molecular weight excluding hydrogens is 376 g/mol. The number of quaternary nitrogens is 1. The summed E-state index contributed by atoms with van der Waals surface area (Å²) >= 11 is 0. The van der Waals surface area contributed by atoms with Gasteiger partial charge in [0.05, 0.1) is 40.4 Å². The van der Waals surface area contributed by atoms with Gasteiger partial charge in [-0.05, 0) is 29.5 Å². The van der Waals surface area contributed by atoms with Crippen LogP contribution in [0.3, 0.4) is 0 Å². The van der Waals surface area contributed by atoms with Crippen LogP contribution in [0.15, 0.2) is 42.5 Å². The average molecular weight is 412 g/mol. The smallest absolute Gasteiger partial charge is 0.223 e. The van der Waals surface area contributed by atoms with Crippen LogP contribution < -0.4 is 14.4 Å². The molecule has 1 heterocycles. The summed E-state index contributed by atoms with van der Waals surface area (Å²) in [6.45, 7) is 9.13. The summed E-state index contributed by atoms with van der Waals surface area (Å²) in [5, 5.41) is 0. The number of hydrogen-bond acceptors (Lipinski definition) is 3. The summed E-state index contributed by atoms with van der Waals surface area (Å²) < 4.78 is 10.8. The van der Waals surface area contributed by atoms with Crippen molar-refractivity contribution in [3.63, 3.8) is 0 Å². The monoisotopic (exact) mass is 411 g/mol. The van der Waals surface area contributed by atoms with Gasteiger partial charge in [-0.15, -0.1) is 0 Å². The van der Waals surface area contributed by atoms with Crippen LogP contribution >= 0.6 is 0 Å². The quantitative estimate of drug-likeness (QED) is 0.726. The predicted molar refractivity (Wildman–Crippen MR) is 119 cm³/mol. The highest BCUT2D eigenvalue weighted by molar-refractivity contribution is 5.76. The second-order valence-electron chi connectivity index (χ2n) is 8.36. The van der Waals surface area contributed by atoms with E-state index in [-0.39, 0.29) is 5.91 Å². The number of methoxy groups -OCH3 is 2. The highest BCUT2D eigenvalue weighted by Gasteiger charge is 2.24. The van der Waals surface area contributed by atoms with Gasteiger partial charge in [0.25, 0.3) is 0 Å². The molecule has 1 amide bonds. The molecule has 0 aromatic heterocycles. The van der Waals surface area contributed by atoms with Crippen molar-refractivity contribution in [3.8, 4) is 11.5 Å². The molecule has 5 heteroatoms. The van der Waals surface area contributed by atoms with E-state index < -0.39 is 0 Å². The van der Waals surface area contributed by atoms with Crippen molar-refractivity contribution in [2.75, 3.05) is 40.4 Å². The SMILES string of the molecule is COc1cccc(CCC(=O)N2CC[NH+](Cc3ccc(C(C)C)cc3)CC2)c1OC. The summed E-state index contributed by atoms with van der Waals surface area (Å²) in [6.07, 6.45) is 1.16. The molecule has 1 N–H and O–H groups in total. The van der Waals surface area contributed by atoms with E-state index >= 15 is 0 Å². The Kier molecular flexibility index (Phi) is 7.75. The van der Waals surface area contributed by atoms with Crippen LogP contribution in [0.4, 0.5) is 0 Å². The van der Waals surface area contributed by atoms with Gasteiger partial charge in [-0.25, -0.2) is 0 Å². The van der Waals surface area contributed by atoms with E-state index in [1.165, 1.54) is 11.1 Å². The first kappa shape index (κ1) is 22.2. The van der Waals surface area contributed by atoms with Gasteiger partial charge in [-0.1, -0.05) is 50.2 Å². The Bertz CT molecular complexity index is 825. The van der Waals surface area contributed by atoms with Crippen LogP contribution in [0.5, 0.6) is 11.5 Å². The number of nitrogens with zero attached hydrogens (tertiary/aromatic N) is 1. The van der Waals surface area contributed by atoms with Crippen molar-refractivity contribution in [2.45, 2.75) is 39.2 Å². The molecule has 0 bridgehead atoms. The number of carbonyl (C=O) groups excluding carboxylic acids is 1. The fourth-order valence-electron chi connectivity index (χ4n) is 4.11. The number of amides is 1. The number of nitrogens with one attached hydrogen (secondary N) is 1.